The first-order chi connectivity index (χ1) is 10.1. The summed E-state index contributed by atoms with van der Waals surface area (Å²) in [4.78, 5) is 16.5. The van der Waals surface area contributed by atoms with Crippen molar-refractivity contribution >= 4 is 11.5 Å². The Labute approximate surface area is 121 Å². The van der Waals surface area contributed by atoms with E-state index in [-0.39, 0.29) is 11.4 Å². The predicted octanol–water partition coefficient (Wildman–Crippen LogP) is 2.30. The summed E-state index contributed by atoms with van der Waals surface area (Å²) in [5.74, 6) is 1.04. The lowest BCUT2D eigenvalue weighted by Crippen LogP contribution is -2.26. The van der Waals surface area contributed by atoms with Gasteiger partial charge in [0, 0.05) is 19.2 Å². The van der Waals surface area contributed by atoms with Crippen LogP contribution in [0.1, 0.15) is 11.1 Å². The summed E-state index contributed by atoms with van der Waals surface area (Å²) in [5, 5.41) is 20.2. The van der Waals surface area contributed by atoms with Crippen molar-refractivity contribution in [2.45, 2.75) is 12.8 Å². The summed E-state index contributed by atoms with van der Waals surface area (Å²) in [5.41, 5.74) is 2.39. The second kappa shape index (κ2) is 5.40. The van der Waals surface area contributed by atoms with Crippen molar-refractivity contribution in [1.82, 2.24) is 4.98 Å². The van der Waals surface area contributed by atoms with Crippen LogP contribution in [0, 0.1) is 10.1 Å². The zero-order valence-corrected chi connectivity index (χ0v) is 11.4. The Morgan fingerprint density at radius 3 is 2.57 bits per heavy atom. The van der Waals surface area contributed by atoms with E-state index in [0.29, 0.717) is 0 Å². The third-order valence-electron chi connectivity index (χ3n) is 3.76. The Morgan fingerprint density at radius 1 is 1.14 bits per heavy atom. The predicted molar refractivity (Wildman–Crippen MR) is 78.6 cm³/mol. The van der Waals surface area contributed by atoms with Crippen LogP contribution >= 0.6 is 0 Å². The maximum absolute atomic E-state index is 10.7. The number of rotatable bonds is 2. The number of hydrogen-bond acceptors (Lipinski definition) is 5. The van der Waals surface area contributed by atoms with Crippen molar-refractivity contribution in [3.8, 4) is 5.75 Å². The highest BCUT2D eigenvalue weighted by Crippen LogP contribution is 2.23. The van der Waals surface area contributed by atoms with E-state index in [1.54, 1.807) is 12.1 Å². The molecule has 0 bridgehead atoms. The van der Waals surface area contributed by atoms with E-state index in [0.717, 1.165) is 37.3 Å². The van der Waals surface area contributed by atoms with Gasteiger partial charge in [0.15, 0.2) is 0 Å². The van der Waals surface area contributed by atoms with Crippen molar-refractivity contribution in [1.29, 1.82) is 0 Å². The smallest absolute Gasteiger partial charge is 0.287 e. The molecule has 1 N–H and O–H groups in total. The van der Waals surface area contributed by atoms with Crippen LogP contribution in [-0.2, 0) is 12.8 Å². The molecular weight excluding hydrogens is 270 g/mol. The number of phenols is 1. The molecule has 2 heterocycles. The number of nitro groups is 1. The fourth-order valence-corrected chi connectivity index (χ4v) is 2.61. The van der Waals surface area contributed by atoms with Crippen molar-refractivity contribution in [2.75, 3.05) is 18.0 Å². The molecule has 0 radical (unpaired) electrons. The van der Waals surface area contributed by atoms with Gasteiger partial charge < -0.3 is 10.0 Å². The number of aromatic nitrogens is 1. The van der Waals surface area contributed by atoms with Gasteiger partial charge in [0.05, 0.1) is 4.92 Å². The fraction of sp³-hybridized carbons (Fsp3) is 0.267. The van der Waals surface area contributed by atoms with Gasteiger partial charge in [0.1, 0.15) is 17.8 Å². The van der Waals surface area contributed by atoms with E-state index in [2.05, 4.69) is 9.88 Å². The topological polar surface area (TPSA) is 79.5 Å². The van der Waals surface area contributed by atoms with Crippen LogP contribution in [0.15, 0.2) is 36.5 Å². The van der Waals surface area contributed by atoms with E-state index in [1.807, 2.05) is 12.1 Å². The van der Waals surface area contributed by atoms with Crippen molar-refractivity contribution < 1.29 is 10.0 Å². The molecule has 0 aliphatic carbocycles. The van der Waals surface area contributed by atoms with E-state index in [1.165, 1.54) is 17.8 Å². The molecule has 108 valence electrons. The number of aromatic hydroxyl groups is 1. The highest BCUT2D eigenvalue weighted by atomic mass is 16.6. The maximum Gasteiger partial charge on any atom is 0.287 e. The Kier molecular flexibility index (Phi) is 3.43. The first kappa shape index (κ1) is 13.4. The van der Waals surface area contributed by atoms with Crippen molar-refractivity contribution in [3.05, 3.63) is 57.8 Å². The van der Waals surface area contributed by atoms with Gasteiger partial charge >= 0.3 is 0 Å². The molecule has 6 nitrogen and oxygen atoms in total. The van der Waals surface area contributed by atoms with E-state index >= 15 is 0 Å². The minimum atomic E-state index is -0.447. The molecule has 0 saturated heterocycles. The standard InChI is InChI=1S/C15H15N3O3/c19-14-3-1-11-5-7-17(8-6-12(11)9-14)15-4-2-13(10-16-15)18(20)21/h1-4,9-10,19H,5-8H2. The molecular formula is C15H15N3O3. The lowest BCUT2D eigenvalue weighted by atomic mass is 10.0. The van der Waals surface area contributed by atoms with Gasteiger partial charge in [-0.2, -0.15) is 0 Å². The van der Waals surface area contributed by atoms with E-state index in [9.17, 15) is 15.2 Å². The number of benzene rings is 1. The molecule has 1 aromatic carbocycles. The average Bonchev–Trinajstić information content (AvgIpc) is 2.69. The summed E-state index contributed by atoms with van der Waals surface area (Å²) in [6.45, 7) is 1.59. The van der Waals surface area contributed by atoms with Crippen LogP contribution in [-0.4, -0.2) is 28.1 Å². The number of nitrogens with zero attached hydrogens (tertiary/aromatic N) is 3. The minimum Gasteiger partial charge on any atom is -0.508 e. The molecule has 1 aliphatic heterocycles. The van der Waals surface area contributed by atoms with Crippen LogP contribution in [0.4, 0.5) is 11.5 Å². The molecule has 0 atom stereocenters. The van der Waals surface area contributed by atoms with Gasteiger partial charge in [-0.05, 0) is 42.2 Å². The fourth-order valence-electron chi connectivity index (χ4n) is 2.61. The van der Waals surface area contributed by atoms with Gasteiger partial charge in [0.2, 0.25) is 0 Å². The highest BCUT2D eigenvalue weighted by molar-refractivity contribution is 5.45. The first-order valence-electron chi connectivity index (χ1n) is 6.79. The second-order valence-corrected chi connectivity index (χ2v) is 5.07. The van der Waals surface area contributed by atoms with Crippen LogP contribution in [0.2, 0.25) is 0 Å². The van der Waals surface area contributed by atoms with Gasteiger partial charge in [-0.15, -0.1) is 0 Å². The van der Waals surface area contributed by atoms with Crippen LogP contribution in [0.5, 0.6) is 5.75 Å². The van der Waals surface area contributed by atoms with Crippen LogP contribution in [0.3, 0.4) is 0 Å². The zero-order chi connectivity index (χ0) is 14.8. The van der Waals surface area contributed by atoms with Gasteiger partial charge in [-0.3, -0.25) is 10.1 Å². The van der Waals surface area contributed by atoms with Crippen LogP contribution in [0.25, 0.3) is 0 Å². The molecule has 0 spiro atoms. The number of phenolic OH excluding ortho intramolecular Hbond substituents is 1. The molecule has 0 saturated carbocycles. The number of fused-ring (bicyclic) bond motifs is 1. The monoisotopic (exact) mass is 285 g/mol. The second-order valence-electron chi connectivity index (χ2n) is 5.07. The Hall–Kier alpha value is -2.63. The maximum atomic E-state index is 10.7. The Balaban J connectivity index is 1.78. The highest BCUT2D eigenvalue weighted by Gasteiger charge is 2.16. The van der Waals surface area contributed by atoms with E-state index in [4.69, 9.17) is 0 Å². The first-order valence-corrected chi connectivity index (χ1v) is 6.79. The van der Waals surface area contributed by atoms with Gasteiger partial charge in [-0.1, -0.05) is 6.07 Å². The average molecular weight is 285 g/mol. The quantitative estimate of drug-likeness (QED) is 0.676. The van der Waals surface area contributed by atoms with Crippen molar-refractivity contribution in [3.63, 3.8) is 0 Å². The lowest BCUT2D eigenvalue weighted by Gasteiger charge is -2.20. The molecule has 0 amide bonds. The molecule has 21 heavy (non-hydrogen) atoms. The molecule has 1 aliphatic rings. The summed E-state index contributed by atoms with van der Waals surface area (Å²) < 4.78 is 0. The Morgan fingerprint density at radius 2 is 1.90 bits per heavy atom. The third-order valence-corrected chi connectivity index (χ3v) is 3.76. The summed E-state index contributed by atoms with van der Waals surface area (Å²) >= 11 is 0. The molecule has 6 heteroatoms. The summed E-state index contributed by atoms with van der Waals surface area (Å²) in [6.07, 6.45) is 2.98. The van der Waals surface area contributed by atoms with Gasteiger partial charge in [0.25, 0.3) is 5.69 Å². The Bertz CT molecular complexity index is 670. The zero-order valence-electron chi connectivity index (χ0n) is 11.4. The molecule has 0 unspecified atom stereocenters. The molecule has 3 rings (SSSR count). The third kappa shape index (κ3) is 2.79. The van der Waals surface area contributed by atoms with Crippen LogP contribution < -0.4 is 4.90 Å². The minimum absolute atomic E-state index is 0.00165. The largest absolute Gasteiger partial charge is 0.508 e. The van der Waals surface area contributed by atoms with Gasteiger partial charge in [-0.25, -0.2) is 4.98 Å². The number of hydrogen-bond donors (Lipinski definition) is 1. The van der Waals surface area contributed by atoms with E-state index < -0.39 is 4.92 Å². The number of pyridine rings is 1. The number of anilines is 1. The molecule has 2 aromatic rings. The summed E-state index contributed by atoms with van der Waals surface area (Å²) in [6, 6.07) is 8.63. The summed E-state index contributed by atoms with van der Waals surface area (Å²) in [7, 11) is 0. The van der Waals surface area contributed by atoms with Crippen molar-refractivity contribution in [2.24, 2.45) is 0 Å². The lowest BCUT2D eigenvalue weighted by molar-refractivity contribution is -0.385. The molecule has 1 aromatic heterocycles. The normalized spacial score (nSPS) is 14.4. The SMILES string of the molecule is O=[N+]([O-])c1ccc(N2CCc3ccc(O)cc3CC2)nc1. The molecule has 0 fully saturated rings.